The van der Waals surface area contributed by atoms with E-state index < -0.39 is 0 Å². The van der Waals surface area contributed by atoms with Gasteiger partial charge in [-0.2, -0.15) is 5.26 Å². The van der Waals surface area contributed by atoms with E-state index in [1.807, 2.05) is 12.1 Å². The van der Waals surface area contributed by atoms with Gasteiger partial charge in [0.15, 0.2) is 0 Å². The Morgan fingerprint density at radius 2 is 2.50 bits per heavy atom. The fraction of sp³-hybridized carbons (Fsp3) is 0.333. The summed E-state index contributed by atoms with van der Waals surface area (Å²) in [5.74, 6) is 0. The van der Waals surface area contributed by atoms with E-state index >= 15 is 0 Å². The first-order valence-electron chi connectivity index (χ1n) is 3.79. The highest BCUT2D eigenvalue weighted by molar-refractivity contribution is 9.12. The van der Waals surface area contributed by atoms with E-state index in [0.29, 0.717) is 5.70 Å². The van der Waals surface area contributed by atoms with Crippen molar-refractivity contribution in [3.63, 3.8) is 0 Å². The van der Waals surface area contributed by atoms with E-state index in [0.717, 1.165) is 17.3 Å². The lowest BCUT2D eigenvalue weighted by atomic mass is 10.1. The van der Waals surface area contributed by atoms with Crippen molar-refractivity contribution in [2.45, 2.75) is 19.8 Å². The Labute approximate surface area is 80.4 Å². The SMILES string of the molecule is CCC1=C(Br)C=NC(C#N)=CC1. The van der Waals surface area contributed by atoms with E-state index in [1.54, 1.807) is 6.21 Å². The van der Waals surface area contributed by atoms with Gasteiger partial charge in [-0.25, -0.2) is 4.99 Å². The van der Waals surface area contributed by atoms with Gasteiger partial charge in [0.25, 0.3) is 0 Å². The number of nitriles is 1. The zero-order valence-electron chi connectivity index (χ0n) is 6.84. The van der Waals surface area contributed by atoms with Crippen LogP contribution in [0.5, 0.6) is 0 Å². The monoisotopic (exact) mass is 224 g/mol. The summed E-state index contributed by atoms with van der Waals surface area (Å²) in [5, 5.41) is 8.60. The fourth-order valence-corrected chi connectivity index (χ4v) is 1.52. The fourth-order valence-electron chi connectivity index (χ4n) is 0.975. The smallest absolute Gasteiger partial charge is 0.136 e. The summed E-state index contributed by atoms with van der Waals surface area (Å²) < 4.78 is 1.01. The standard InChI is InChI=1S/C9H9BrN2/c1-2-7-3-4-8(5-11)12-6-9(7)10/h4,6H,2-3H2,1H3. The van der Waals surface area contributed by atoms with E-state index in [9.17, 15) is 0 Å². The molecule has 0 spiro atoms. The lowest BCUT2D eigenvalue weighted by molar-refractivity contribution is 1.03. The lowest BCUT2D eigenvalue weighted by Gasteiger charge is -1.98. The van der Waals surface area contributed by atoms with Gasteiger partial charge in [-0.05, 0) is 34.8 Å². The van der Waals surface area contributed by atoms with E-state index in [-0.39, 0.29) is 0 Å². The Morgan fingerprint density at radius 1 is 1.75 bits per heavy atom. The zero-order chi connectivity index (χ0) is 8.97. The Kier molecular flexibility index (Phi) is 3.24. The van der Waals surface area contributed by atoms with Gasteiger partial charge >= 0.3 is 0 Å². The van der Waals surface area contributed by atoms with Crippen molar-refractivity contribution in [2.24, 2.45) is 4.99 Å². The van der Waals surface area contributed by atoms with Crippen molar-refractivity contribution < 1.29 is 0 Å². The first-order valence-corrected chi connectivity index (χ1v) is 4.59. The minimum Gasteiger partial charge on any atom is -0.245 e. The third-order valence-electron chi connectivity index (χ3n) is 1.74. The molecular formula is C9H9BrN2. The third kappa shape index (κ3) is 2.05. The first-order chi connectivity index (χ1) is 5.77. The molecule has 1 aliphatic heterocycles. The molecule has 0 amide bonds. The molecule has 0 bridgehead atoms. The average molecular weight is 225 g/mol. The van der Waals surface area contributed by atoms with Gasteiger partial charge in [-0.3, -0.25) is 0 Å². The van der Waals surface area contributed by atoms with Gasteiger partial charge in [-0.15, -0.1) is 0 Å². The minimum absolute atomic E-state index is 0.496. The van der Waals surface area contributed by atoms with Crippen molar-refractivity contribution in [2.75, 3.05) is 0 Å². The molecule has 0 fully saturated rings. The van der Waals surface area contributed by atoms with Crippen LogP contribution in [-0.4, -0.2) is 6.21 Å². The molecule has 0 saturated heterocycles. The highest BCUT2D eigenvalue weighted by Gasteiger charge is 2.03. The number of aliphatic imine (C=N–C) groups is 1. The van der Waals surface area contributed by atoms with Gasteiger partial charge < -0.3 is 0 Å². The molecule has 62 valence electrons. The largest absolute Gasteiger partial charge is 0.245 e. The van der Waals surface area contributed by atoms with Gasteiger partial charge in [0, 0.05) is 10.7 Å². The predicted molar refractivity (Wildman–Crippen MR) is 53.0 cm³/mol. The molecule has 12 heavy (non-hydrogen) atoms. The summed E-state index contributed by atoms with van der Waals surface area (Å²) in [6.45, 7) is 2.09. The van der Waals surface area contributed by atoms with Crippen LogP contribution < -0.4 is 0 Å². The summed E-state index contributed by atoms with van der Waals surface area (Å²) in [6.07, 6.45) is 5.35. The summed E-state index contributed by atoms with van der Waals surface area (Å²) >= 11 is 3.41. The summed E-state index contributed by atoms with van der Waals surface area (Å²) in [7, 11) is 0. The molecule has 0 aromatic rings. The normalized spacial score (nSPS) is 16.9. The maximum atomic E-state index is 8.60. The average Bonchev–Trinajstić information content (AvgIpc) is 2.27. The Bertz CT molecular complexity index is 305. The summed E-state index contributed by atoms with van der Waals surface area (Å²) in [5.41, 5.74) is 1.78. The van der Waals surface area contributed by atoms with Gasteiger partial charge in [0.1, 0.15) is 11.8 Å². The lowest BCUT2D eigenvalue weighted by Crippen LogP contribution is -1.82. The number of halogens is 1. The van der Waals surface area contributed by atoms with Crippen LogP contribution in [0.2, 0.25) is 0 Å². The van der Waals surface area contributed by atoms with Gasteiger partial charge in [0.2, 0.25) is 0 Å². The highest BCUT2D eigenvalue weighted by Crippen LogP contribution is 2.21. The van der Waals surface area contributed by atoms with E-state index in [1.165, 1.54) is 5.57 Å². The number of hydrogen-bond acceptors (Lipinski definition) is 2. The molecule has 3 heteroatoms. The van der Waals surface area contributed by atoms with Gasteiger partial charge in [0.05, 0.1) is 0 Å². The number of rotatable bonds is 1. The van der Waals surface area contributed by atoms with Crippen LogP contribution in [0.25, 0.3) is 0 Å². The maximum Gasteiger partial charge on any atom is 0.136 e. The zero-order valence-corrected chi connectivity index (χ0v) is 8.43. The van der Waals surface area contributed by atoms with Crippen molar-refractivity contribution in [3.05, 3.63) is 21.8 Å². The number of hydrogen-bond donors (Lipinski definition) is 0. The van der Waals surface area contributed by atoms with Crippen molar-refractivity contribution in [1.29, 1.82) is 5.26 Å². The second-order valence-corrected chi connectivity index (χ2v) is 3.32. The van der Waals surface area contributed by atoms with E-state index in [2.05, 4.69) is 27.8 Å². The Hall–Kier alpha value is -0.880. The molecule has 0 aromatic carbocycles. The van der Waals surface area contributed by atoms with Crippen LogP contribution in [0.3, 0.4) is 0 Å². The summed E-state index contributed by atoms with van der Waals surface area (Å²) in [4.78, 5) is 3.99. The van der Waals surface area contributed by atoms with Crippen LogP contribution in [-0.2, 0) is 0 Å². The molecule has 0 unspecified atom stereocenters. The molecule has 2 nitrogen and oxygen atoms in total. The summed E-state index contributed by atoms with van der Waals surface area (Å²) in [6, 6.07) is 2.02. The van der Waals surface area contributed by atoms with Crippen LogP contribution in [0.1, 0.15) is 19.8 Å². The third-order valence-corrected chi connectivity index (χ3v) is 2.50. The second kappa shape index (κ2) is 4.22. The topological polar surface area (TPSA) is 36.1 Å². The molecule has 0 radical (unpaired) electrons. The first kappa shape index (κ1) is 9.21. The van der Waals surface area contributed by atoms with Crippen LogP contribution in [0.4, 0.5) is 0 Å². The maximum absolute atomic E-state index is 8.60. The van der Waals surface area contributed by atoms with Crippen LogP contribution >= 0.6 is 15.9 Å². The molecule has 0 atom stereocenters. The molecule has 1 heterocycles. The Balaban J connectivity index is 2.91. The second-order valence-electron chi connectivity index (χ2n) is 2.47. The van der Waals surface area contributed by atoms with E-state index in [4.69, 9.17) is 5.26 Å². The molecule has 0 saturated carbocycles. The number of nitrogens with zero attached hydrogens (tertiary/aromatic N) is 2. The molecule has 0 aliphatic carbocycles. The predicted octanol–water partition coefficient (Wildman–Crippen LogP) is 2.93. The quantitative estimate of drug-likeness (QED) is 0.675. The minimum atomic E-state index is 0.496. The van der Waals surface area contributed by atoms with Gasteiger partial charge in [-0.1, -0.05) is 12.5 Å². The van der Waals surface area contributed by atoms with Crippen LogP contribution in [0.15, 0.2) is 26.8 Å². The van der Waals surface area contributed by atoms with Crippen LogP contribution in [0, 0.1) is 11.3 Å². The number of allylic oxidation sites excluding steroid dienone is 4. The molecule has 1 rings (SSSR count). The molecular weight excluding hydrogens is 216 g/mol. The van der Waals surface area contributed by atoms with Crippen molar-refractivity contribution in [3.8, 4) is 6.07 Å². The Morgan fingerprint density at radius 3 is 3.08 bits per heavy atom. The van der Waals surface area contributed by atoms with Crippen molar-refractivity contribution >= 4 is 22.1 Å². The van der Waals surface area contributed by atoms with Crippen molar-refractivity contribution in [1.82, 2.24) is 0 Å². The molecule has 1 aliphatic rings. The molecule has 0 N–H and O–H groups in total. The highest BCUT2D eigenvalue weighted by atomic mass is 79.9. The molecule has 0 aromatic heterocycles.